The van der Waals surface area contributed by atoms with E-state index in [4.69, 9.17) is 0 Å². The number of rotatable bonds is 2. The molecule has 0 N–H and O–H groups in total. The first-order chi connectivity index (χ1) is 3.13. The Kier molecular flexibility index (Phi) is 23.0. The molecule has 0 rings (SSSR count). The molecule has 0 bridgehead atoms. The molecule has 0 saturated heterocycles. The van der Waals surface area contributed by atoms with Crippen molar-refractivity contribution < 1.29 is 111 Å². The Bertz CT molecular complexity index is 88.5. The van der Waals surface area contributed by atoms with Gasteiger partial charge in [0.15, 0.2) is 0 Å². The average molecular weight is 219 g/mol. The van der Waals surface area contributed by atoms with E-state index in [0.29, 0.717) is 0 Å². The van der Waals surface area contributed by atoms with Crippen molar-refractivity contribution in [3.63, 3.8) is 0 Å². The van der Waals surface area contributed by atoms with Crippen molar-refractivity contribution in [3.05, 3.63) is 10.1 Å². The first kappa shape index (κ1) is 18.2. The Balaban J connectivity index is -0.0000000300. The van der Waals surface area contributed by atoms with Crippen LogP contribution < -0.4 is 103 Å². The SMILES string of the molecule is O=[N+]([O-])CC(S)S.[H-].[H-].[K+].[K+]. The van der Waals surface area contributed by atoms with Crippen LogP contribution in [0, 0.1) is 10.1 Å². The summed E-state index contributed by atoms with van der Waals surface area (Å²) in [6.07, 6.45) is 0. The normalized spacial score (nSPS) is 7.44. The number of nitro groups is 1. The van der Waals surface area contributed by atoms with Gasteiger partial charge in [-0.2, -0.15) is 25.3 Å². The van der Waals surface area contributed by atoms with Crippen molar-refractivity contribution in [2.24, 2.45) is 0 Å². The number of thiol groups is 2. The summed E-state index contributed by atoms with van der Waals surface area (Å²) in [5.41, 5.74) is 0. The van der Waals surface area contributed by atoms with E-state index in [1.807, 2.05) is 0 Å². The number of hydrogen-bond acceptors (Lipinski definition) is 4. The molecule has 0 fully saturated rings. The minimum atomic E-state index is -0.454. The Morgan fingerprint density at radius 2 is 1.89 bits per heavy atom. The van der Waals surface area contributed by atoms with Crippen LogP contribution in [0.2, 0.25) is 0 Å². The smallest absolute Gasteiger partial charge is 1.00 e. The van der Waals surface area contributed by atoms with Crippen molar-refractivity contribution in [1.29, 1.82) is 0 Å². The molecule has 0 aromatic carbocycles. The quantitative estimate of drug-likeness (QED) is 0.160. The fourth-order valence-corrected chi connectivity index (χ4v) is 0.400. The summed E-state index contributed by atoms with van der Waals surface area (Å²) < 4.78 is -0.435. The van der Waals surface area contributed by atoms with Crippen LogP contribution in [0.25, 0.3) is 0 Å². The second-order valence-electron chi connectivity index (χ2n) is 0.996. The molecule has 0 heterocycles. The molecule has 46 valence electrons. The molecule has 0 aliphatic heterocycles. The average Bonchev–Trinajstić information content (AvgIpc) is 1.27. The Morgan fingerprint density at radius 3 is 1.89 bits per heavy atom. The molecule has 0 aromatic rings. The summed E-state index contributed by atoms with van der Waals surface area (Å²) in [6, 6.07) is 0. The molecule has 7 heteroatoms. The van der Waals surface area contributed by atoms with Gasteiger partial charge in [0.1, 0.15) is 4.58 Å². The summed E-state index contributed by atoms with van der Waals surface area (Å²) in [5.74, 6) is 0. The predicted molar refractivity (Wildman–Crippen MR) is 35.8 cm³/mol. The van der Waals surface area contributed by atoms with Crippen LogP contribution in [-0.2, 0) is 0 Å². The molecular formula is C2H7K2NO2S2. The maximum atomic E-state index is 9.52. The molecule has 0 atom stereocenters. The standard InChI is InChI=1S/C2H5NO2S2.2K.2H/c4-3(5)1-2(6)7;;;;/h2,6-7H,1H2;;;;/q;2*+1;2*-1. The van der Waals surface area contributed by atoms with Crippen molar-refractivity contribution in [1.82, 2.24) is 0 Å². The molecule has 0 aliphatic carbocycles. The summed E-state index contributed by atoms with van der Waals surface area (Å²) in [6.45, 7) is -0.188. The molecule has 3 nitrogen and oxygen atoms in total. The van der Waals surface area contributed by atoms with Gasteiger partial charge < -0.3 is 2.85 Å². The van der Waals surface area contributed by atoms with Gasteiger partial charge in [0, 0.05) is 4.92 Å². The van der Waals surface area contributed by atoms with Gasteiger partial charge >= 0.3 is 103 Å². The fraction of sp³-hybridized carbons (Fsp3) is 1.00. The van der Waals surface area contributed by atoms with Crippen LogP contribution in [0.3, 0.4) is 0 Å². The summed E-state index contributed by atoms with van der Waals surface area (Å²) in [5, 5.41) is 9.52. The molecular weight excluding hydrogens is 212 g/mol. The van der Waals surface area contributed by atoms with Gasteiger partial charge in [0.2, 0.25) is 6.54 Å². The van der Waals surface area contributed by atoms with Crippen molar-refractivity contribution in [2.45, 2.75) is 4.58 Å². The molecule has 0 aliphatic rings. The Hall–Kier alpha value is 3.37. The molecule has 0 amide bonds. The summed E-state index contributed by atoms with van der Waals surface area (Å²) >= 11 is 7.32. The van der Waals surface area contributed by atoms with E-state index >= 15 is 0 Å². The third-order valence-electron chi connectivity index (χ3n) is 0.312. The zero-order valence-electron chi connectivity index (χ0n) is 7.44. The molecule has 9 heavy (non-hydrogen) atoms. The van der Waals surface area contributed by atoms with E-state index in [2.05, 4.69) is 25.3 Å². The third-order valence-corrected chi connectivity index (χ3v) is 0.639. The van der Waals surface area contributed by atoms with E-state index in [1.54, 1.807) is 0 Å². The van der Waals surface area contributed by atoms with Crippen molar-refractivity contribution in [2.75, 3.05) is 6.54 Å². The maximum Gasteiger partial charge on any atom is 1.00 e. The number of nitrogens with zero attached hydrogens (tertiary/aromatic N) is 1. The first-order valence-electron chi connectivity index (χ1n) is 1.61. The van der Waals surface area contributed by atoms with Gasteiger partial charge in [0.05, 0.1) is 0 Å². The van der Waals surface area contributed by atoms with Crippen LogP contribution in [0.15, 0.2) is 0 Å². The molecule has 0 radical (unpaired) electrons. The zero-order chi connectivity index (χ0) is 5.86. The van der Waals surface area contributed by atoms with Gasteiger partial charge in [-0.1, -0.05) is 0 Å². The van der Waals surface area contributed by atoms with Crippen LogP contribution in [0.4, 0.5) is 0 Å². The second kappa shape index (κ2) is 11.4. The minimum Gasteiger partial charge on any atom is -1.00 e. The largest absolute Gasteiger partial charge is 1.00 e. The van der Waals surface area contributed by atoms with E-state index < -0.39 is 9.51 Å². The van der Waals surface area contributed by atoms with Crippen molar-refractivity contribution in [3.8, 4) is 0 Å². The van der Waals surface area contributed by atoms with Gasteiger partial charge in [-0.3, -0.25) is 10.1 Å². The van der Waals surface area contributed by atoms with Crippen LogP contribution in [0.1, 0.15) is 2.85 Å². The van der Waals surface area contributed by atoms with Gasteiger partial charge in [-0.05, 0) is 0 Å². The van der Waals surface area contributed by atoms with E-state index in [1.165, 1.54) is 0 Å². The fourth-order valence-electron chi connectivity index (χ4n) is 0.133. The molecule has 0 spiro atoms. The summed E-state index contributed by atoms with van der Waals surface area (Å²) in [4.78, 5) is 9.06. The third kappa shape index (κ3) is 18.4. The van der Waals surface area contributed by atoms with Crippen molar-refractivity contribution >= 4 is 25.3 Å². The predicted octanol–water partition coefficient (Wildman–Crippen LogP) is -5.32. The number of hydrogen-bond donors (Lipinski definition) is 2. The minimum absolute atomic E-state index is 0. The zero-order valence-corrected chi connectivity index (χ0v) is 13.5. The van der Waals surface area contributed by atoms with Crippen LogP contribution in [-0.4, -0.2) is 16.1 Å². The Morgan fingerprint density at radius 1 is 1.56 bits per heavy atom. The molecule has 0 saturated carbocycles. The molecule has 0 aromatic heterocycles. The topological polar surface area (TPSA) is 43.1 Å². The van der Waals surface area contributed by atoms with E-state index in [-0.39, 0.29) is 112 Å². The van der Waals surface area contributed by atoms with E-state index in [9.17, 15) is 10.1 Å². The first-order valence-corrected chi connectivity index (χ1v) is 2.64. The second-order valence-corrected chi connectivity index (χ2v) is 2.65. The monoisotopic (exact) mass is 219 g/mol. The van der Waals surface area contributed by atoms with Gasteiger partial charge in [0.25, 0.3) is 0 Å². The maximum absolute atomic E-state index is 9.52. The van der Waals surface area contributed by atoms with Crippen LogP contribution in [0.5, 0.6) is 0 Å². The Labute approximate surface area is 153 Å². The van der Waals surface area contributed by atoms with Gasteiger partial charge in [-0.15, -0.1) is 0 Å². The summed E-state index contributed by atoms with van der Waals surface area (Å²) in [7, 11) is 0. The van der Waals surface area contributed by atoms with Crippen LogP contribution >= 0.6 is 25.3 Å². The van der Waals surface area contributed by atoms with E-state index in [0.717, 1.165) is 0 Å². The van der Waals surface area contributed by atoms with Gasteiger partial charge in [-0.25, -0.2) is 0 Å². The molecule has 0 unspecified atom stereocenters.